The molecule has 18 heavy (non-hydrogen) atoms. The van der Waals surface area contributed by atoms with Crippen LogP contribution < -0.4 is 0 Å². The van der Waals surface area contributed by atoms with Crippen LogP contribution in [-0.4, -0.2) is 26.3 Å². The van der Waals surface area contributed by atoms with Crippen molar-refractivity contribution in [3.8, 4) is 0 Å². The Hall–Kier alpha value is -0.870. The molecule has 1 aliphatic rings. The highest BCUT2D eigenvalue weighted by Gasteiger charge is 2.37. The number of halogens is 1. The molecule has 1 heterocycles. The predicted molar refractivity (Wildman–Crippen MR) is 69.7 cm³/mol. The fraction of sp³-hybridized carbons (Fsp3) is 0.692. The summed E-state index contributed by atoms with van der Waals surface area (Å²) in [5, 5.41) is 15.0. The monoisotopic (exact) mass is 270 g/mol. The maximum Gasteiger partial charge on any atom is 0.168 e. The smallest absolute Gasteiger partial charge is 0.168 e. The first-order chi connectivity index (χ1) is 8.44. The topological polar surface area (TPSA) is 55.1 Å². The van der Waals surface area contributed by atoms with Gasteiger partial charge in [-0.25, -0.2) is 0 Å². The van der Waals surface area contributed by atoms with Crippen LogP contribution in [0, 0.1) is 6.92 Å². The lowest BCUT2D eigenvalue weighted by molar-refractivity contribution is -0.139. The summed E-state index contributed by atoms with van der Waals surface area (Å²) in [7, 11) is 1.75. The number of hydrogen-bond acceptors (Lipinski definition) is 3. The molecule has 0 aromatic carbocycles. The van der Waals surface area contributed by atoms with Gasteiger partial charge < -0.3 is 5.11 Å². The van der Waals surface area contributed by atoms with E-state index in [1.807, 2.05) is 6.92 Å². The van der Waals surface area contributed by atoms with Crippen molar-refractivity contribution in [2.24, 2.45) is 7.05 Å². The van der Waals surface area contributed by atoms with Gasteiger partial charge in [-0.15, -0.1) is 0 Å². The maximum absolute atomic E-state index is 12.3. The van der Waals surface area contributed by atoms with Crippen molar-refractivity contribution in [1.29, 1.82) is 0 Å². The highest BCUT2D eigenvalue weighted by molar-refractivity contribution is 6.30. The molecule has 0 bridgehead atoms. The number of carbonyl (C=O) groups excluding carboxylic acids is 1. The molecule has 1 aromatic heterocycles. The Labute approximate surface area is 112 Å². The quantitative estimate of drug-likeness (QED) is 0.916. The molecule has 0 saturated heterocycles. The second-order valence-electron chi connectivity index (χ2n) is 5.17. The number of nitrogens with zero attached hydrogens (tertiary/aromatic N) is 2. The number of hydrogen-bond donors (Lipinski definition) is 1. The van der Waals surface area contributed by atoms with Gasteiger partial charge in [0.25, 0.3) is 0 Å². The Morgan fingerprint density at radius 2 is 2.06 bits per heavy atom. The van der Waals surface area contributed by atoms with Crippen LogP contribution in [0.2, 0.25) is 5.15 Å². The fourth-order valence-corrected chi connectivity index (χ4v) is 2.86. The molecule has 0 unspecified atom stereocenters. The molecule has 1 fully saturated rings. The van der Waals surface area contributed by atoms with Crippen LogP contribution in [0.15, 0.2) is 0 Å². The molecule has 0 amide bonds. The Bertz CT molecular complexity index is 462. The van der Waals surface area contributed by atoms with E-state index in [0.29, 0.717) is 18.0 Å². The Balaban J connectivity index is 2.16. The normalized spacial score (nSPS) is 18.9. The molecule has 2 rings (SSSR count). The lowest BCUT2D eigenvalue weighted by Gasteiger charge is -2.30. The van der Waals surface area contributed by atoms with E-state index in [-0.39, 0.29) is 12.2 Å². The highest BCUT2D eigenvalue weighted by Crippen LogP contribution is 2.31. The van der Waals surface area contributed by atoms with Crippen LogP contribution in [0.4, 0.5) is 0 Å². The summed E-state index contributed by atoms with van der Waals surface area (Å²) >= 11 is 6.11. The van der Waals surface area contributed by atoms with Crippen LogP contribution in [0.5, 0.6) is 0 Å². The fourth-order valence-electron chi connectivity index (χ4n) is 2.62. The van der Waals surface area contributed by atoms with Crippen molar-refractivity contribution in [2.75, 3.05) is 0 Å². The van der Waals surface area contributed by atoms with Crippen LogP contribution in [0.1, 0.15) is 43.4 Å². The minimum absolute atomic E-state index is 0.125. The van der Waals surface area contributed by atoms with E-state index in [2.05, 4.69) is 5.10 Å². The molecule has 0 spiro atoms. The van der Waals surface area contributed by atoms with Gasteiger partial charge in [0.1, 0.15) is 10.8 Å². The average Bonchev–Trinajstić information content (AvgIpc) is 2.57. The van der Waals surface area contributed by atoms with Crippen LogP contribution in [-0.2, 0) is 18.3 Å². The molecular formula is C13H19ClN2O2. The summed E-state index contributed by atoms with van der Waals surface area (Å²) in [5.74, 6) is -0.125. The number of ketones is 1. The minimum Gasteiger partial charge on any atom is -0.382 e. The first-order valence-electron chi connectivity index (χ1n) is 6.38. The van der Waals surface area contributed by atoms with E-state index in [4.69, 9.17) is 11.6 Å². The Morgan fingerprint density at radius 3 is 2.56 bits per heavy atom. The van der Waals surface area contributed by atoms with Crippen LogP contribution in [0.3, 0.4) is 0 Å². The van der Waals surface area contributed by atoms with Gasteiger partial charge in [-0.2, -0.15) is 5.10 Å². The molecule has 1 aromatic rings. The largest absolute Gasteiger partial charge is 0.382 e. The number of aryl methyl sites for hydroxylation is 2. The summed E-state index contributed by atoms with van der Waals surface area (Å²) in [4.78, 5) is 12.3. The summed E-state index contributed by atoms with van der Waals surface area (Å²) < 4.78 is 1.56. The lowest BCUT2D eigenvalue weighted by Crippen LogP contribution is -2.41. The van der Waals surface area contributed by atoms with Crippen molar-refractivity contribution in [1.82, 2.24) is 9.78 Å². The van der Waals surface area contributed by atoms with Gasteiger partial charge in [-0.05, 0) is 19.8 Å². The molecule has 100 valence electrons. The molecule has 0 radical (unpaired) electrons. The molecule has 1 saturated carbocycles. The second-order valence-corrected chi connectivity index (χ2v) is 5.53. The third-order valence-corrected chi connectivity index (χ3v) is 4.28. The molecule has 4 nitrogen and oxygen atoms in total. The SMILES string of the molecule is Cc1nn(C)c(Cl)c1CC(=O)C1(O)CCCCC1. The van der Waals surface area contributed by atoms with E-state index >= 15 is 0 Å². The zero-order valence-corrected chi connectivity index (χ0v) is 11.6. The summed E-state index contributed by atoms with van der Waals surface area (Å²) in [5.41, 5.74) is 0.350. The first-order valence-corrected chi connectivity index (χ1v) is 6.75. The number of rotatable bonds is 3. The third-order valence-electron chi connectivity index (χ3n) is 3.81. The molecule has 5 heteroatoms. The molecule has 1 N–H and O–H groups in total. The number of carbonyl (C=O) groups is 1. The van der Waals surface area contributed by atoms with Crippen molar-refractivity contribution in [3.63, 3.8) is 0 Å². The van der Waals surface area contributed by atoms with Gasteiger partial charge >= 0.3 is 0 Å². The van der Waals surface area contributed by atoms with E-state index in [1.54, 1.807) is 11.7 Å². The number of aliphatic hydroxyl groups is 1. The van der Waals surface area contributed by atoms with Crippen LogP contribution >= 0.6 is 11.6 Å². The van der Waals surface area contributed by atoms with Crippen LogP contribution in [0.25, 0.3) is 0 Å². The predicted octanol–water partition coefficient (Wildman–Crippen LogP) is 2.19. The van der Waals surface area contributed by atoms with Crippen molar-refractivity contribution in [3.05, 3.63) is 16.4 Å². The average molecular weight is 271 g/mol. The first kappa shape index (κ1) is 13.6. The van der Waals surface area contributed by atoms with Gasteiger partial charge in [0, 0.05) is 19.0 Å². The molecule has 1 aliphatic carbocycles. The maximum atomic E-state index is 12.3. The number of Topliss-reactive ketones (excluding diaryl/α,β-unsaturated/α-hetero) is 1. The summed E-state index contributed by atoms with van der Waals surface area (Å²) in [6.45, 7) is 1.83. The molecule has 0 aliphatic heterocycles. The van der Waals surface area contributed by atoms with Gasteiger partial charge in [0.15, 0.2) is 5.78 Å². The van der Waals surface area contributed by atoms with E-state index in [0.717, 1.165) is 30.5 Å². The zero-order valence-electron chi connectivity index (χ0n) is 10.9. The number of aromatic nitrogens is 2. The lowest BCUT2D eigenvalue weighted by atomic mass is 9.80. The van der Waals surface area contributed by atoms with Crippen molar-refractivity contribution >= 4 is 17.4 Å². The summed E-state index contributed by atoms with van der Waals surface area (Å²) in [6.07, 6.45) is 4.26. The van der Waals surface area contributed by atoms with Crippen molar-refractivity contribution in [2.45, 2.75) is 51.0 Å². The van der Waals surface area contributed by atoms with Gasteiger partial charge in [-0.3, -0.25) is 9.48 Å². The van der Waals surface area contributed by atoms with Gasteiger partial charge in [-0.1, -0.05) is 30.9 Å². The highest BCUT2D eigenvalue weighted by atomic mass is 35.5. The van der Waals surface area contributed by atoms with E-state index in [1.165, 1.54) is 0 Å². The molecular weight excluding hydrogens is 252 g/mol. The minimum atomic E-state index is -1.15. The molecule has 0 atom stereocenters. The standard InChI is InChI=1S/C13H19ClN2O2/c1-9-10(12(14)16(2)15-9)8-11(17)13(18)6-4-3-5-7-13/h18H,3-8H2,1-2H3. The van der Waals surface area contributed by atoms with E-state index in [9.17, 15) is 9.90 Å². The third kappa shape index (κ3) is 2.45. The Kier molecular flexibility index (Phi) is 3.78. The van der Waals surface area contributed by atoms with Crippen molar-refractivity contribution < 1.29 is 9.90 Å². The van der Waals surface area contributed by atoms with Gasteiger partial charge in [0.05, 0.1) is 5.69 Å². The van der Waals surface area contributed by atoms with E-state index < -0.39 is 5.60 Å². The van der Waals surface area contributed by atoms with Gasteiger partial charge in [0.2, 0.25) is 0 Å². The Morgan fingerprint density at radius 1 is 1.44 bits per heavy atom. The second kappa shape index (κ2) is 5.02. The summed E-state index contributed by atoms with van der Waals surface area (Å²) in [6, 6.07) is 0. The zero-order chi connectivity index (χ0) is 13.3.